The van der Waals surface area contributed by atoms with E-state index < -0.39 is 0 Å². The Balaban J connectivity index is 1.55. The minimum Gasteiger partial charge on any atom is -0.334 e. The standard InChI is InChI=1S/C24H22ClN3O2S/c1-14(2)23-27-24(30-28-23)17-10-4-7-15(3)22(17)26-20(29)13-31-19-12-6-9-16-8-5-11-18(25)21(16)19/h4-12,14H,13H2,1-3H3,(H,26,29). The third-order valence-corrected chi connectivity index (χ3v) is 6.27. The monoisotopic (exact) mass is 451 g/mol. The number of hydrogen-bond acceptors (Lipinski definition) is 5. The van der Waals surface area contributed by atoms with Crippen molar-refractivity contribution in [1.82, 2.24) is 10.1 Å². The highest BCUT2D eigenvalue weighted by atomic mass is 35.5. The number of carbonyl (C=O) groups excluding carboxylic acids is 1. The van der Waals surface area contributed by atoms with E-state index in [9.17, 15) is 4.79 Å². The largest absolute Gasteiger partial charge is 0.334 e. The molecule has 0 fully saturated rings. The summed E-state index contributed by atoms with van der Waals surface area (Å²) in [6.07, 6.45) is 0. The van der Waals surface area contributed by atoms with Gasteiger partial charge in [-0.2, -0.15) is 4.98 Å². The number of rotatable bonds is 6. The van der Waals surface area contributed by atoms with E-state index in [0.29, 0.717) is 28.0 Å². The Labute approximate surface area is 190 Å². The van der Waals surface area contributed by atoms with E-state index >= 15 is 0 Å². The first-order chi connectivity index (χ1) is 14.9. The molecule has 158 valence electrons. The van der Waals surface area contributed by atoms with Gasteiger partial charge < -0.3 is 9.84 Å². The Morgan fingerprint density at radius 1 is 1.13 bits per heavy atom. The van der Waals surface area contributed by atoms with Gasteiger partial charge in [0.1, 0.15) is 0 Å². The molecule has 1 N–H and O–H groups in total. The topological polar surface area (TPSA) is 68.0 Å². The lowest BCUT2D eigenvalue weighted by Crippen LogP contribution is -2.15. The molecule has 1 aromatic heterocycles. The van der Waals surface area contributed by atoms with E-state index in [1.807, 2.05) is 75.4 Å². The Kier molecular flexibility index (Phi) is 6.30. The van der Waals surface area contributed by atoms with Gasteiger partial charge in [-0.1, -0.05) is 67.0 Å². The number of carbonyl (C=O) groups is 1. The number of halogens is 1. The molecule has 31 heavy (non-hydrogen) atoms. The van der Waals surface area contributed by atoms with Crippen molar-refractivity contribution in [2.45, 2.75) is 31.6 Å². The molecule has 0 saturated heterocycles. The summed E-state index contributed by atoms with van der Waals surface area (Å²) in [6.45, 7) is 5.95. The third kappa shape index (κ3) is 4.60. The minimum atomic E-state index is -0.117. The Morgan fingerprint density at radius 2 is 1.87 bits per heavy atom. The molecule has 0 atom stereocenters. The molecule has 7 heteroatoms. The maximum Gasteiger partial charge on any atom is 0.260 e. The zero-order chi connectivity index (χ0) is 22.0. The van der Waals surface area contributed by atoms with Crippen molar-refractivity contribution in [2.75, 3.05) is 11.1 Å². The number of anilines is 1. The van der Waals surface area contributed by atoms with E-state index in [-0.39, 0.29) is 17.6 Å². The highest BCUT2D eigenvalue weighted by molar-refractivity contribution is 8.00. The molecule has 0 unspecified atom stereocenters. The average Bonchev–Trinajstić information content (AvgIpc) is 3.24. The van der Waals surface area contributed by atoms with Crippen LogP contribution < -0.4 is 5.32 Å². The number of aryl methyl sites for hydroxylation is 1. The number of para-hydroxylation sites is 1. The van der Waals surface area contributed by atoms with Gasteiger partial charge in [-0.05, 0) is 36.1 Å². The summed E-state index contributed by atoms with van der Waals surface area (Å²) in [4.78, 5) is 18.3. The number of amides is 1. The van der Waals surface area contributed by atoms with Crippen molar-refractivity contribution in [3.63, 3.8) is 0 Å². The average molecular weight is 452 g/mol. The second-order valence-electron chi connectivity index (χ2n) is 7.54. The normalized spacial score (nSPS) is 11.3. The van der Waals surface area contributed by atoms with Crippen molar-refractivity contribution in [1.29, 1.82) is 0 Å². The fourth-order valence-electron chi connectivity index (χ4n) is 3.29. The predicted octanol–water partition coefficient (Wildman–Crippen LogP) is 6.71. The molecule has 0 aliphatic carbocycles. The van der Waals surface area contributed by atoms with Crippen LogP contribution >= 0.6 is 23.4 Å². The zero-order valence-electron chi connectivity index (χ0n) is 17.5. The summed E-state index contributed by atoms with van der Waals surface area (Å²) >= 11 is 7.86. The van der Waals surface area contributed by atoms with Gasteiger partial charge in [0, 0.05) is 21.2 Å². The summed E-state index contributed by atoms with van der Waals surface area (Å²) in [5.41, 5.74) is 2.32. The molecule has 0 bridgehead atoms. The number of aromatic nitrogens is 2. The zero-order valence-corrected chi connectivity index (χ0v) is 19.1. The Morgan fingerprint density at radius 3 is 2.61 bits per heavy atom. The molecule has 0 aliphatic heterocycles. The molecule has 5 nitrogen and oxygen atoms in total. The summed E-state index contributed by atoms with van der Waals surface area (Å²) in [5, 5.41) is 9.77. The van der Waals surface area contributed by atoms with Gasteiger partial charge in [0.05, 0.1) is 17.0 Å². The molecule has 3 aromatic carbocycles. The first-order valence-corrected chi connectivity index (χ1v) is 11.3. The van der Waals surface area contributed by atoms with E-state index in [4.69, 9.17) is 16.1 Å². The first-order valence-electron chi connectivity index (χ1n) is 9.97. The van der Waals surface area contributed by atoms with Crippen LogP contribution in [0.4, 0.5) is 5.69 Å². The second-order valence-corrected chi connectivity index (χ2v) is 8.97. The van der Waals surface area contributed by atoms with Crippen LogP contribution in [0.2, 0.25) is 5.02 Å². The number of nitrogens with one attached hydrogen (secondary N) is 1. The smallest absolute Gasteiger partial charge is 0.260 e. The summed E-state index contributed by atoms with van der Waals surface area (Å²) in [5.74, 6) is 1.32. The lowest BCUT2D eigenvalue weighted by atomic mass is 10.1. The maximum atomic E-state index is 12.8. The SMILES string of the molecule is Cc1cccc(-c2nc(C(C)C)no2)c1NC(=O)CSc1cccc2cccc(Cl)c12. The second kappa shape index (κ2) is 9.12. The fraction of sp³-hybridized carbons (Fsp3) is 0.208. The highest BCUT2D eigenvalue weighted by Gasteiger charge is 2.18. The van der Waals surface area contributed by atoms with Crippen molar-refractivity contribution in [3.8, 4) is 11.5 Å². The third-order valence-electron chi connectivity index (χ3n) is 4.90. The number of thioether (sulfide) groups is 1. The van der Waals surface area contributed by atoms with Crippen LogP contribution in [-0.4, -0.2) is 21.8 Å². The predicted molar refractivity (Wildman–Crippen MR) is 127 cm³/mol. The molecule has 0 radical (unpaired) electrons. The van der Waals surface area contributed by atoms with Gasteiger partial charge in [-0.15, -0.1) is 11.8 Å². The highest BCUT2D eigenvalue weighted by Crippen LogP contribution is 2.34. The van der Waals surface area contributed by atoms with Crippen LogP contribution in [0.15, 0.2) is 64.0 Å². The molecule has 0 spiro atoms. The van der Waals surface area contributed by atoms with Gasteiger partial charge in [0.2, 0.25) is 5.91 Å². The van der Waals surface area contributed by atoms with E-state index in [1.165, 1.54) is 11.8 Å². The van der Waals surface area contributed by atoms with Crippen LogP contribution in [0.5, 0.6) is 0 Å². The van der Waals surface area contributed by atoms with Gasteiger partial charge in [0.15, 0.2) is 5.82 Å². The van der Waals surface area contributed by atoms with Gasteiger partial charge in [-0.25, -0.2) is 0 Å². The van der Waals surface area contributed by atoms with Crippen LogP contribution in [0, 0.1) is 6.92 Å². The van der Waals surface area contributed by atoms with Crippen LogP contribution in [0.3, 0.4) is 0 Å². The molecule has 1 heterocycles. The number of hydrogen-bond donors (Lipinski definition) is 1. The minimum absolute atomic E-state index is 0.117. The molecule has 4 rings (SSSR count). The van der Waals surface area contributed by atoms with Crippen LogP contribution in [-0.2, 0) is 4.79 Å². The number of benzene rings is 3. The van der Waals surface area contributed by atoms with Crippen LogP contribution in [0.25, 0.3) is 22.2 Å². The van der Waals surface area contributed by atoms with E-state index in [1.54, 1.807) is 0 Å². The lowest BCUT2D eigenvalue weighted by molar-refractivity contribution is -0.113. The van der Waals surface area contributed by atoms with Crippen molar-refractivity contribution >= 4 is 45.7 Å². The van der Waals surface area contributed by atoms with Crippen molar-refractivity contribution < 1.29 is 9.32 Å². The fourth-order valence-corrected chi connectivity index (χ4v) is 4.54. The first kappa shape index (κ1) is 21.4. The Hall–Kier alpha value is -2.83. The number of fused-ring (bicyclic) bond motifs is 1. The van der Waals surface area contributed by atoms with Crippen molar-refractivity contribution in [3.05, 3.63) is 71.0 Å². The van der Waals surface area contributed by atoms with Gasteiger partial charge in [0.25, 0.3) is 5.89 Å². The van der Waals surface area contributed by atoms with E-state index in [2.05, 4.69) is 15.5 Å². The Bertz CT molecular complexity index is 1250. The van der Waals surface area contributed by atoms with E-state index in [0.717, 1.165) is 21.2 Å². The van der Waals surface area contributed by atoms with Gasteiger partial charge in [-0.3, -0.25) is 4.79 Å². The summed E-state index contributed by atoms with van der Waals surface area (Å²) in [6, 6.07) is 17.5. The molecule has 1 amide bonds. The van der Waals surface area contributed by atoms with Crippen molar-refractivity contribution in [2.24, 2.45) is 0 Å². The molecule has 4 aromatic rings. The summed E-state index contributed by atoms with van der Waals surface area (Å²) in [7, 11) is 0. The van der Waals surface area contributed by atoms with Gasteiger partial charge >= 0.3 is 0 Å². The quantitative estimate of drug-likeness (QED) is 0.330. The summed E-state index contributed by atoms with van der Waals surface area (Å²) < 4.78 is 5.45. The molecular formula is C24H22ClN3O2S. The molecule has 0 saturated carbocycles. The molecule has 0 aliphatic rings. The molecular weight excluding hydrogens is 430 g/mol. The van der Waals surface area contributed by atoms with Crippen LogP contribution in [0.1, 0.15) is 31.2 Å². The lowest BCUT2D eigenvalue weighted by Gasteiger charge is -2.12. The number of nitrogens with zero attached hydrogens (tertiary/aromatic N) is 2. The maximum absolute atomic E-state index is 12.8.